The fourth-order valence-electron chi connectivity index (χ4n) is 3.95. The van der Waals surface area contributed by atoms with E-state index in [4.69, 9.17) is 4.74 Å². The maximum atomic E-state index is 6.40. The minimum Gasteiger partial charge on any atom is -0.371 e. The number of hydrogen-bond acceptors (Lipinski definition) is 2. The van der Waals surface area contributed by atoms with Crippen LogP contribution in [0.15, 0.2) is 65.6 Å². The molecular formula is C20H22OS. The van der Waals surface area contributed by atoms with Gasteiger partial charge in [0.2, 0.25) is 0 Å². The zero-order valence-electron chi connectivity index (χ0n) is 12.9. The molecule has 1 nitrogen and oxygen atoms in total. The molecule has 4 rings (SSSR count). The highest BCUT2D eigenvalue weighted by Crippen LogP contribution is 2.57. The predicted molar refractivity (Wildman–Crippen MR) is 92.4 cm³/mol. The molecule has 1 spiro atoms. The van der Waals surface area contributed by atoms with E-state index in [-0.39, 0.29) is 5.60 Å². The quantitative estimate of drug-likeness (QED) is 0.763. The van der Waals surface area contributed by atoms with Crippen LogP contribution in [-0.4, -0.2) is 17.0 Å². The van der Waals surface area contributed by atoms with Crippen LogP contribution >= 0.6 is 11.8 Å². The Morgan fingerprint density at radius 1 is 0.955 bits per heavy atom. The van der Waals surface area contributed by atoms with E-state index in [2.05, 4.69) is 67.6 Å². The van der Waals surface area contributed by atoms with E-state index in [1.807, 2.05) is 11.8 Å². The lowest BCUT2D eigenvalue weighted by atomic mass is 9.66. The van der Waals surface area contributed by atoms with Crippen LogP contribution in [0.4, 0.5) is 0 Å². The van der Waals surface area contributed by atoms with Gasteiger partial charge in [-0.25, -0.2) is 0 Å². The molecule has 0 bridgehead atoms. The Hall–Kier alpha value is -1.25. The molecule has 0 N–H and O–H groups in total. The highest BCUT2D eigenvalue weighted by atomic mass is 32.2. The normalized spacial score (nSPS) is 33.8. The molecule has 1 saturated heterocycles. The van der Waals surface area contributed by atoms with Gasteiger partial charge in [0.05, 0.1) is 11.7 Å². The SMILES string of the molecule is C[C@H]1C[C@H](Sc2ccccc2)C2(CC(c3ccccc3)C2)O1. The molecule has 2 aliphatic rings. The molecule has 0 unspecified atom stereocenters. The van der Waals surface area contributed by atoms with Crippen LogP contribution in [-0.2, 0) is 4.74 Å². The first-order chi connectivity index (χ1) is 10.8. The first-order valence-corrected chi connectivity index (χ1v) is 9.08. The van der Waals surface area contributed by atoms with E-state index in [9.17, 15) is 0 Å². The van der Waals surface area contributed by atoms with Gasteiger partial charge in [-0.15, -0.1) is 11.8 Å². The second-order valence-electron chi connectivity index (χ2n) is 6.66. The third-order valence-electron chi connectivity index (χ3n) is 5.05. The van der Waals surface area contributed by atoms with Crippen LogP contribution in [0.3, 0.4) is 0 Å². The zero-order valence-corrected chi connectivity index (χ0v) is 13.8. The Balaban J connectivity index is 1.49. The standard InChI is InChI=1S/C20H22OS/c1-15-12-19(22-18-10-6-3-7-11-18)20(21-15)13-17(14-20)16-8-4-2-5-9-16/h2-11,15,17,19H,12-14H2,1H3/t15-,17?,19-,20?/m0/s1. The molecule has 1 heterocycles. The second-order valence-corrected chi connectivity index (χ2v) is 7.94. The Kier molecular flexibility index (Phi) is 3.75. The predicted octanol–water partition coefficient (Wildman–Crippen LogP) is 5.27. The summed E-state index contributed by atoms with van der Waals surface area (Å²) in [4.78, 5) is 1.37. The summed E-state index contributed by atoms with van der Waals surface area (Å²) in [6.45, 7) is 2.23. The van der Waals surface area contributed by atoms with Gasteiger partial charge in [0.25, 0.3) is 0 Å². The summed E-state index contributed by atoms with van der Waals surface area (Å²) in [6.07, 6.45) is 3.90. The first kappa shape index (κ1) is 14.3. The molecule has 114 valence electrons. The Morgan fingerprint density at radius 3 is 2.27 bits per heavy atom. The van der Waals surface area contributed by atoms with Crippen molar-refractivity contribution < 1.29 is 4.74 Å². The van der Waals surface area contributed by atoms with Gasteiger partial charge in [-0.05, 0) is 49.8 Å². The van der Waals surface area contributed by atoms with Crippen molar-refractivity contribution in [1.29, 1.82) is 0 Å². The molecule has 1 aliphatic carbocycles. The van der Waals surface area contributed by atoms with Crippen LogP contribution in [0.5, 0.6) is 0 Å². The first-order valence-electron chi connectivity index (χ1n) is 8.20. The summed E-state index contributed by atoms with van der Waals surface area (Å²) in [6, 6.07) is 21.7. The van der Waals surface area contributed by atoms with Gasteiger partial charge >= 0.3 is 0 Å². The van der Waals surface area contributed by atoms with Crippen LogP contribution < -0.4 is 0 Å². The Morgan fingerprint density at radius 2 is 1.59 bits per heavy atom. The largest absolute Gasteiger partial charge is 0.371 e. The number of rotatable bonds is 3. The molecule has 1 aliphatic heterocycles. The van der Waals surface area contributed by atoms with Crippen molar-refractivity contribution in [3.8, 4) is 0 Å². The number of benzene rings is 2. The molecule has 2 aromatic carbocycles. The lowest BCUT2D eigenvalue weighted by Gasteiger charge is -2.48. The van der Waals surface area contributed by atoms with Crippen LogP contribution in [0.2, 0.25) is 0 Å². The van der Waals surface area contributed by atoms with E-state index in [1.165, 1.54) is 29.7 Å². The van der Waals surface area contributed by atoms with Crippen LogP contribution in [0.1, 0.15) is 37.7 Å². The molecule has 2 aromatic rings. The Labute approximate surface area is 137 Å². The lowest BCUT2D eigenvalue weighted by Crippen LogP contribution is -2.49. The smallest absolute Gasteiger partial charge is 0.0820 e. The van der Waals surface area contributed by atoms with Crippen molar-refractivity contribution in [3.05, 3.63) is 66.2 Å². The van der Waals surface area contributed by atoms with Crippen molar-refractivity contribution >= 4 is 11.8 Å². The van der Waals surface area contributed by atoms with Crippen molar-refractivity contribution in [2.24, 2.45) is 0 Å². The minimum absolute atomic E-state index is 0.0977. The molecule has 0 amide bonds. The average molecular weight is 310 g/mol. The highest BCUT2D eigenvalue weighted by Gasteiger charge is 2.56. The molecule has 0 aromatic heterocycles. The molecule has 0 radical (unpaired) electrons. The summed E-state index contributed by atoms with van der Waals surface area (Å²) < 4.78 is 6.40. The van der Waals surface area contributed by atoms with Gasteiger partial charge in [0, 0.05) is 10.1 Å². The summed E-state index contributed by atoms with van der Waals surface area (Å²) in [5.74, 6) is 0.672. The number of thioether (sulfide) groups is 1. The van der Waals surface area contributed by atoms with Crippen LogP contribution in [0, 0.1) is 0 Å². The summed E-state index contributed by atoms with van der Waals surface area (Å²) in [5.41, 5.74) is 1.57. The molecule has 2 heteroatoms. The molecule has 22 heavy (non-hydrogen) atoms. The highest BCUT2D eigenvalue weighted by molar-refractivity contribution is 8.00. The van der Waals surface area contributed by atoms with Crippen molar-refractivity contribution in [2.45, 2.75) is 54.0 Å². The number of ether oxygens (including phenoxy) is 1. The molecule has 2 fully saturated rings. The van der Waals surface area contributed by atoms with E-state index in [0.717, 1.165) is 0 Å². The van der Waals surface area contributed by atoms with Gasteiger partial charge in [0.1, 0.15) is 0 Å². The Bertz CT molecular complexity index is 619. The van der Waals surface area contributed by atoms with Crippen molar-refractivity contribution in [2.75, 3.05) is 0 Å². The maximum absolute atomic E-state index is 6.40. The van der Waals surface area contributed by atoms with E-state index >= 15 is 0 Å². The summed E-state index contributed by atoms with van der Waals surface area (Å²) in [5, 5.41) is 0.588. The minimum atomic E-state index is 0.0977. The molecule has 1 saturated carbocycles. The van der Waals surface area contributed by atoms with E-state index in [0.29, 0.717) is 17.3 Å². The zero-order chi connectivity index (χ0) is 15.0. The van der Waals surface area contributed by atoms with Gasteiger partial charge in [-0.1, -0.05) is 48.5 Å². The average Bonchev–Trinajstić information content (AvgIpc) is 2.84. The third-order valence-corrected chi connectivity index (χ3v) is 6.50. The van der Waals surface area contributed by atoms with E-state index < -0.39 is 0 Å². The van der Waals surface area contributed by atoms with Crippen LogP contribution in [0.25, 0.3) is 0 Å². The molecular weight excluding hydrogens is 288 g/mol. The van der Waals surface area contributed by atoms with Crippen molar-refractivity contribution in [3.63, 3.8) is 0 Å². The van der Waals surface area contributed by atoms with E-state index in [1.54, 1.807) is 0 Å². The van der Waals surface area contributed by atoms with Gasteiger partial charge in [-0.3, -0.25) is 0 Å². The fourth-order valence-corrected chi connectivity index (χ4v) is 5.43. The third kappa shape index (κ3) is 2.59. The molecule has 2 atom stereocenters. The van der Waals surface area contributed by atoms with Gasteiger partial charge < -0.3 is 4.74 Å². The van der Waals surface area contributed by atoms with Crippen molar-refractivity contribution in [1.82, 2.24) is 0 Å². The van der Waals surface area contributed by atoms with Gasteiger partial charge in [0.15, 0.2) is 0 Å². The summed E-state index contributed by atoms with van der Waals surface area (Å²) >= 11 is 2.01. The fraction of sp³-hybridized carbons (Fsp3) is 0.400. The monoisotopic (exact) mass is 310 g/mol. The second kappa shape index (κ2) is 5.75. The maximum Gasteiger partial charge on any atom is 0.0820 e. The topological polar surface area (TPSA) is 9.23 Å². The van der Waals surface area contributed by atoms with Gasteiger partial charge in [-0.2, -0.15) is 0 Å². The number of hydrogen-bond donors (Lipinski definition) is 0. The lowest BCUT2D eigenvalue weighted by molar-refractivity contribution is -0.0940. The summed E-state index contributed by atoms with van der Waals surface area (Å²) in [7, 11) is 0.